The Bertz CT molecular complexity index is 894. The first kappa shape index (κ1) is 15.8. The average molecular weight is 341 g/mol. The molecule has 0 bridgehead atoms. The number of H-pyrrole nitrogens is 1. The largest absolute Gasteiger partial charge is 0.475 e. The quantitative estimate of drug-likeness (QED) is 0.788. The van der Waals surface area contributed by atoms with Crippen molar-refractivity contribution in [2.24, 2.45) is 0 Å². The SMILES string of the molecule is CC(C)Oc1cc2c(-c3ccnc(N4CC[C@@H](F)C4)c3)n[nH]c2cn1. The number of nitrogens with one attached hydrogen (secondary N) is 1. The van der Waals surface area contributed by atoms with E-state index < -0.39 is 6.17 Å². The molecule has 1 N–H and O–H groups in total. The van der Waals surface area contributed by atoms with E-state index in [0.29, 0.717) is 25.4 Å². The van der Waals surface area contributed by atoms with Gasteiger partial charge in [0.2, 0.25) is 5.88 Å². The summed E-state index contributed by atoms with van der Waals surface area (Å²) in [6.45, 7) is 5.01. The summed E-state index contributed by atoms with van der Waals surface area (Å²) >= 11 is 0. The lowest BCUT2D eigenvalue weighted by atomic mass is 10.1. The van der Waals surface area contributed by atoms with Gasteiger partial charge in [0.05, 0.1) is 24.4 Å². The molecule has 1 aliphatic rings. The molecule has 0 saturated carbocycles. The lowest BCUT2D eigenvalue weighted by Crippen LogP contribution is -2.20. The summed E-state index contributed by atoms with van der Waals surface area (Å²) in [6, 6.07) is 5.75. The minimum atomic E-state index is -0.779. The van der Waals surface area contributed by atoms with Crippen molar-refractivity contribution >= 4 is 16.7 Å². The van der Waals surface area contributed by atoms with E-state index in [1.165, 1.54) is 0 Å². The van der Waals surface area contributed by atoms with Gasteiger partial charge < -0.3 is 9.64 Å². The number of anilines is 1. The van der Waals surface area contributed by atoms with Gasteiger partial charge in [-0.3, -0.25) is 5.10 Å². The molecule has 0 aliphatic carbocycles. The van der Waals surface area contributed by atoms with Gasteiger partial charge in [-0.25, -0.2) is 14.4 Å². The molecule has 130 valence electrons. The molecule has 1 fully saturated rings. The van der Waals surface area contributed by atoms with Crippen LogP contribution < -0.4 is 9.64 Å². The average Bonchev–Trinajstić information content (AvgIpc) is 3.20. The van der Waals surface area contributed by atoms with E-state index in [2.05, 4.69) is 20.2 Å². The molecule has 6 nitrogen and oxygen atoms in total. The number of alkyl halides is 1. The number of rotatable bonds is 4. The molecule has 3 aromatic rings. The second kappa shape index (κ2) is 6.31. The zero-order chi connectivity index (χ0) is 17.4. The van der Waals surface area contributed by atoms with E-state index in [1.807, 2.05) is 36.9 Å². The monoisotopic (exact) mass is 341 g/mol. The van der Waals surface area contributed by atoms with E-state index in [9.17, 15) is 4.39 Å². The van der Waals surface area contributed by atoms with Gasteiger partial charge in [0, 0.05) is 29.8 Å². The number of nitrogens with zero attached hydrogens (tertiary/aromatic N) is 4. The fourth-order valence-corrected chi connectivity index (χ4v) is 3.09. The van der Waals surface area contributed by atoms with E-state index in [0.717, 1.165) is 28.0 Å². The normalized spacial score (nSPS) is 17.6. The topological polar surface area (TPSA) is 66.9 Å². The van der Waals surface area contributed by atoms with Gasteiger partial charge in [-0.1, -0.05) is 0 Å². The van der Waals surface area contributed by atoms with Crippen molar-refractivity contribution < 1.29 is 9.13 Å². The highest BCUT2D eigenvalue weighted by molar-refractivity contribution is 5.93. The van der Waals surface area contributed by atoms with Crippen LogP contribution in [0.25, 0.3) is 22.2 Å². The zero-order valence-electron chi connectivity index (χ0n) is 14.2. The fourth-order valence-electron chi connectivity index (χ4n) is 3.09. The van der Waals surface area contributed by atoms with Gasteiger partial charge in [-0.05, 0) is 32.4 Å². The lowest BCUT2D eigenvalue weighted by Gasteiger charge is -2.16. The maximum atomic E-state index is 13.5. The summed E-state index contributed by atoms with van der Waals surface area (Å²) in [5.41, 5.74) is 2.58. The van der Waals surface area contributed by atoms with E-state index in [1.54, 1.807) is 12.4 Å². The first-order valence-electron chi connectivity index (χ1n) is 8.46. The number of aromatic nitrogens is 4. The third kappa shape index (κ3) is 3.14. The number of aromatic amines is 1. The summed E-state index contributed by atoms with van der Waals surface area (Å²) in [7, 11) is 0. The number of pyridine rings is 2. The minimum absolute atomic E-state index is 0.0524. The van der Waals surface area contributed by atoms with E-state index >= 15 is 0 Å². The Hall–Kier alpha value is -2.70. The molecule has 0 spiro atoms. The molecule has 0 unspecified atom stereocenters. The van der Waals surface area contributed by atoms with Crippen LogP contribution in [0, 0.1) is 0 Å². The summed E-state index contributed by atoms with van der Waals surface area (Å²) in [6.07, 6.45) is 3.29. The number of halogens is 1. The second-order valence-corrected chi connectivity index (χ2v) is 6.54. The van der Waals surface area contributed by atoms with Crippen molar-refractivity contribution in [1.82, 2.24) is 20.2 Å². The van der Waals surface area contributed by atoms with Crippen LogP contribution in [0.4, 0.5) is 10.2 Å². The Labute approximate surface area is 145 Å². The number of fused-ring (bicyclic) bond motifs is 1. The first-order valence-corrected chi connectivity index (χ1v) is 8.46. The smallest absolute Gasteiger partial charge is 0.214 e. The lowest BCUT2D eigenvalue weighted by molar-refractivity contribution is 0.233. The van der Waals surface area contributed by atoms with Crippen LogP contribution in [0.5, 0.6) is 5.88 Å². The fraction of sp³-hybridized carbons (Fsp3) is 0.389. The maximum Gasteiger partial charge on any atom is 0.214 e. The third-order valence-corrected chi connectivity index (χ3v) is 4.25. The van der Waals surface area contributed by atoms with Crippen LogP contribution in [0.1, 0.15) is 20.3 Å². The summed E-state index contributed by atoms with van der Waals surface area (Å²) in [5.74, 6) is 1.35. The molecule has 7 heteroatoms. The predicted octanol–water partition coefficient (Wildman–Crippen LogP) is 3.36. The standard InChI is InChI=1S/C18H20FN5O/c1-11(2)25-17-8-14-15(9-21-17)22-23-18(14)12-3-5-20-16(7-12)24-6-4-13(19)10-24/h3,5,7-9,11,13H,4,6,10H2,1-2H3,(H,22,23)/t13-/m1/s1. The van der Waals surface area contributed by atoms with Gasteiger partial charge in [0.15, 0.2) is 0 Å². The number of hydrogen-bond acceptors (Lipinski definition) is 5. The predicted molar refractivity (Wildman–Crippen MR) is 94.6 cm³/mol. The van der Waals surface area contributed by atoms with Crippen LogP contribution in [0.3, 0.4) is 0 Å². The molecule has 3 aromatic heterocycles. The van der Waals surface area contributed by atoms with Crippen molar-refractivity contribution in [3.63, 3.8) is 0 Å². The van der Waals surface area contributed by atoms with Gasteiger partial charge >= 0.3 is 0 Å². The number of hydrogen-bond donors (Lipinski definition) is 1. The summed E-state index contributed by atoms with van der Waals surface area (Å²) < 4.78 is 19.2. The molecule has 1 atom stereocenters. The van der Waals surface area contributed by atoms with Crippen LogP contribution >= 0.6 is 0 Å². The molecule has 25 heavy (non-hydrogen) atoms. The Morgan fingerprint density at radius 2 is 2.20 bits per heavy atom. The van der Waals surface area contributed by atoms with Gasteiger partial charge in [-0.2, -0.15) is 5.10 Å². The van der Waals surface area contributed by atoms with Crippen LogP contribution in [-0.2, 0) is 0 Å². The molecule has 1 aliphatic heterocycles. The highest BCUT2D eigenvalue weighted by Crippen LogP contribution is 2.30. The molecule has 1 saturated heterocycles. The Balaban J connectivity index is 1.71. The highest BCUT2D eigenvalue weighted by atomic mass is 19.1. The van der Waals surface area contributed by atoms with Crippen molar-refractivity contribution in [2.45, 2.75) is 32.5 Å². The van der Waals surface area contributed by atoms with Crippen LogP contribution in [0.15, 0.2) is 30.6 Å². The Morgan fingerprint density at radius 1 is 1.32 bits per heavy atom. The molecule has 0 amide bonds. The van der Waals surface area contributed by atoms with Crippen molar-refractivity contribution in [2.75, 3.05) is 18.0 Å². The third-order valence-electron chi connectivity index (χ3n) is 4.25. The van der Waals surface area contributed by atoms with Crippen LogP contribution in [-0.4, -0.2) is 45.5 Å². The minimum Gasteiger partial charge on any atom is -0.475 e. The first-order chi connectivity index (χ1) is 12.1. The number of ether oxygens (including phenoxy) is 1. The molecule has 4 heterocycles. The van der Waals surface area contributed by atoms with Gasteiger partial charge in [0.25, 0.3) is 0 Å². The second-order valence-electron chi connectivity index (χ2n) is 6.54. The molecule has 0 aromatic carbocycles. The van der Waals surface area contributed by atoms with Crippen molar-refractivity contribution in [3.8, 4) is 17.1 Å². The van der Waals surface area contributed by atoms with Gasteiger partial charge in [0.1, 0.15) is 17.7 Å². The van der Waals surface area contributed by atoms with Gasteiger partial charge in [-0.15, -0.1) is 0 Å². The molecular formula is C18H20FN5O. The highest BCUT2D eigenvalue weighted by Gasteiger charge is 2.23. The van der Waals surface area contributed by atoms with E-state index in [4.69, 9.17) is 4.74 Å². The van der Waals surface area contributed by atoms with E-state index in [-0.39, 0.29) is 6.10 Å². The van der Waals surface area contributed by atoms with Crippen LogP contribution in [0.2, 0.25) is 0 Å². The Kier molecular flexibility index (Phi) is 3.99. The van der Waals surface area contributed by atoms with Crippen molar-refractivity contribution in [3.05, 3.63) is 30.6 Å². The molecule has 4 rings (SSSR count). The Morgan fingerprint density at radius 3 is 2.96 bits per heavy atom. The zero-order valence-corrected chi connectivity index (χ0v) is 14.2. The van der Waals surface area contributed by atoms with Crippen molar-refractivity contribution in [1.29, 1.82) is 0 Å². The molecular weight excluding hydrogens is 321 g/mol. The maximum absolute atomic E-state index is 13.5. The summed E-state index contributed by atoms with van der Waals surface area (Å²) in [5, 5.41) is 8.37. The summed E-state index contributed by atoms with van der Waals surface area (Å²) in [4.78, 5) is 10.6. The molecule has 0 radical (unpaired) electrons.